The molecule has 0 aliphatic heterocycles. The summed E-state index contributed by atoms with van der Waals surface area (Å²) in [5, 5.41) is 6.27. The fraction of sp³-hybridized carbons (Fsp3) is 0.700. The molecule has 0 bridgehead atoms. The van der Waals surface area contributed by atoms with Gasteiger partial charge in [-0.05, 0) is 12.3 Å². The SMILES string of the molecule is CCC(NS(=O)(=O)c1[nH]ncc1CN)C(C)C. The lowest BCUT2D eigenvalue weighted by Gasteiger charge is -2.20. The minimum Gasteiger partial charge on any atom is -0.326 e. The highest BCUT2D eigenvalue weighted by molar-refractivity contribution is 7.89. The summed E-state index contributed by atoms with van der Waals surface area (Å²) in [7, 11) is -3.56. The summed E-state index contributed by atoms with van der Waals surface area (Å²) in [5.74, 6) is 0.235. The number of hydrogen-bond donors (Lipinski definition) is 3. The highest BCUT2D eigenvalue weighted by Gasteiger charge is 2.24. The molecule has 1 unspecified atom stereocenters. The van der Waals surface area contributed by atoms with Crippen LogP contribution < -0.4 is 10.5 Å². The number of nitrogens with zero attached hydrogens (tertiary/aromatic N) is 1. The van der Waals surface area contributed by atoms with E-state index in [-0.39, 0.29) is 23.5 Å². The lowest BCUT2D eigenvalue weighted by Crippen LogP contribution is -2.38. The molecule has 98 valence electrons. The third-order valence-electron chi connectivity index (χ3n) is 2.72. The molecule has 0 fully saturated rings. The van der Waals surface area contributed by atoms with E-state index in [1.807, 2.05) is 20.8 Å². The van der Waals surface area contributed by atoms with E-state index < -0.39 is 10.0 Å². The summed E-state index contributed by atoms with van der Waals surface area (Å²) in [5.41, 5.74) is 5.96. The molecule has 6 nitrogen and oxygen atoms in total. The van der Waals surface area contributed by atoms with E-state index in [1.165, 1.54) is 6.20 Å². The van der Waals surface area contributed by atoms with Crippen LogP contribution >= 0.6 is 0 Å². The van der Waals surface area contributed by atoms with Crippen LogP contribution in [0, 0.1) is 5.92 Å². The normalized spacial score (nSPS) is 14.2. The van der Waals surface area contributed by atoms with Crippen LogP contribution in [0.15, 0.2) is 11.2 Å². The van der Waals surface area contributed by atoms with Gasteiger partial charge in [-0.2, -0.15) is 5.10 Å². The molecule has 1 heterocycles. The monoisotopic (exact) mass is 260 g/mol. The lowest BCUT2D eigenvalue weighted by atomic mass is 10.0. The van der Waals surface area contributed by atoms with Gasteiger partial charge < -0.3 is 5.73 Å². The van der Waals surface area contributed by atoms with Gasteiger partial charge in [-0.3, -0.25) is 5.10 Å². The molecule has 0 aliphatic carbocycles. The second-order valence-electron chi connectivity index (χ2n) is 4.31. The second-order valence-corrected chi connectivity index (χ2v) is 5.96. The van der Waals surface area contributed by atoms with Gasteiger partial charge in [0.2, 0.25) is 0 Å². The maximum atomic E-state index is 12.1. The highest BCUT2D eigenvalue weighted by Crippen LogP contribution is 2.14. The van der Waals surface area contributed by atoms with Crippen LogP contribution in [0.5, 0.6) is 0 Å². The summed E-state index contributed by atoms with van der Waals surface area (Å²) in [6, 6.07) is -0.0890. The zero-order valence-electron chi connectivity index (χ0n) is 10.4. The van der Waals surface area contributed by atoms with E-state index in [0.29, 0.717) is 5.56 Å². The second kappa shape index (κ2) is 5.61. The zero-order valence-corrected chi connectivity index (χ0v) is 11.2. The Morgan fingerprint density at radius 2 is 2.18 bits per heavy atom. The first-order chi connectivity index (χ1) is 7.92. The van der Waals surface area contributed by atoms with Crippen molar-refractivity contribution in [2.75, 3.05) is 0 Å². The Kier molecular flexibility index (Phi) is 4.67. The average Bonchev–Trinajstić information content (AvgIpc) is 2.74. The molecule has 0 spiro atoms. The van der Waals surface area contributed by atoms with Crippen LogP contribution in [0.4, 0.5) is 0 Å². The fourth-order valence-electron chi connectivity index (χ4n) is 1.63. The predicted molar refractivity (Wildman–Crippen MR) is 65.7 cm³/mol. The molecule has 7 heteroatoms. The van der Waals surface area contributed by atoms with Crippen LogP contribution in [0.1, 0.15) is 32.8 Å². The lowest BCUT2D eigenvalue weighted by molar-refractivity contribution is 0.436. The van der Waals surface area contributed by atoms with Gasteiger partial charge >= 0.3 is 0 Å². The van der Waals surface area contributed by atoms with Gasteiger partial charge in [0.05, 0.1) is 6.20 Å². The van der Waals surface area contributed by atoms with Crippen LogP contribution in [-0.4, -0.2) is 24.7 Å². The number of aromatic amines is 1. The van der Waals surface area contributed by atoms with Crippen molar-refractivity contribution in [2.45, 2.75) is 44.8 Å². The molecular formula is C10H20N4O2S. The molecule has 1 aromatic rings. The Morgan fingerprint density at radius 3 is 2.65 bits per heavy atom. The number of hydrogen-bond acceptors (Lipinski definition) is 4. The molecule has 1 rings (SSSR count). The minimum atomic E-state index is -3.56. The summed E-state index contributed by atoms with van der Waals surface area (Å²) in [6.07, 6.45) is 2.17. The van der Waals surface area contributed by atoms with E-state index in [9.17, 15) is 8.42 Å². The minimum absolute atomic E-state index is 0.0686. The van der Waals surface area contributed by atoms with Gasteiger partial charge in [-0.15, -0.1) is 0 Å². The van der Waals surface area contributed by atoms with Crippen molar-refractivity contribution in [1.82, 2.24) is 14.9 Å². The van der Waals surface area contributed by atoms with Crippen molar-refractivity contribution >= 4 is 10.0 Å². The smallest absolute Gasteiger partial charge is 0.258 e. The van der Waals surface area contributed by atoms with E-state index in [0.717, 1.165) is 6.42 Å². The Morgan fingerprint density at radius 1 is 1.53 bits per heavy atom. The molecule has 0 saturated heterocycles. The quantitative estimate of drug-likeness (QED) is 0.696. The number of nitrogens with two attached hydrogens (primary N) is 1. The number of aromatic nitrogens is 2. The Balaban J connectivity index is 2.96. The van der Waals surface area contributed by atoms with Gasteiger partial charge in [0.25, 0.3) is 10.0 Å². The van der Waals surface area contributed by atoms with Crippen LogP contribution in [0.3, 0.4) is 0 Å². The van der Waals surface area contributed by atoms with Crippen molar-refractivity contribution < 1.29 is 8.42 Å². The number of sulfonamides is 1. The van der Waals surface area contributed by atoms with E-state index in [4.69, 9.17) is 5.73 Å². The molecule has 0 saturated carbocycles. The third-order valence-corrected chi connectivity index (χ3v) is 4.22. The van der Waals surface area contributed by atoms with Crippen LogP contribution in [0.25, 0.3) is 0 Å². The number of rotatable bonds is 6. The summed E-state index contributed by atoms with van der Waals surface area (Å²) in [4.78, 5) is 0. The Hall–Kier alpha value is -0.920. The van der Waals surface area contributed by atoms with Crippen molar-refractivity contribution in [1.29, 1.82) is 0 Å². The molecule has 4 N–H and O–H groups in total. The Labute approximate surface area is 102 Å². The molecule has 1 atom stereocenters. The molecule has 1 aromatic heterocycles. The summed E-state index contributed by atoms with van der Waals surface area (Å²) < 4.78 is 26.9. The zero-order chi connectivity index (χ0) is 13.1. The summed E-state index contributed by atoms with van der Waals surface area (Å²) >= 11 is 0. The topological polar surface area (TPSA) is 101 Å². The standard InChI is InChI=1S/C10H20N4O2S/c1-4-9(7(2)3)14-17(15,16)10-8(5-11)6-12-13-10/h6-7,9,14H,4-5,11H2,1-3H3,(H,12,13). The molecule has 0 aromatic carbocycles. The van der Waals surface area contributed by atoms with Crippen molar-refractivity contribution in [3.05, 3.63) is 11.8 Å². The average molecular weight is 260 g/mol. The first-order valence-corrected chi connectivity index (χ1v) is 7.15. The van der Waals surface area contributed by atoms with E-state index >= 15 is 0 Å². The number of H-pyrrole nitrogens is 1. The highest BCUT2D eigenvalue weighted by atomic mass is 32.2. The predicted octanol–water partition coefficient (Wildman–Crippen LogP) is 0.581. The van der Waals surface area contributed by atoms with Gasteiger partial charge in [-0.1, -0.05) is 20.8 Å². The largest absolute Gasteiger partial charge is 0.326 e. The van der Waals surface area contributed by atoms with Crippen molar-refractivity contribution in [3.63, 3.8) is 0 Å². The Bertz CT molecular complexity index is 453. The maximum absolute atomic E-state index is 12.1. The first kappa shape index (κ1) is 14.1. The van der Waals surface area contributed by atoms with Crippen LogP contribution in [0.2, 0.25) is 0 Å². The number of nitrogens with one attached hydrogen (secondary N) is 2. The van der Waals surface area contributed by atoms with Gasteiger partial charge in [0.1, 0.15) is 0 Å². The van der Waals surface area contributed by atoms with E-state index in [2.05, 4.69) is 14.9 Å². The molecular weight excluding hydrogens is 240 g/mol. The van der Waals surface area contributed by atoms with Gasteiger partial charge in [-0.25, -0.2) is 13.1 Å². The first-order valence-electron chi connectivity index (χ1n) is 5.67. The fourth-order valence-corrected chi connectivity index (χ4v) is 3.24. The molecule has 17 heavy (non-hydrogen) atoms. The van der Waals surface area contributed by atoms with Crippen molar-refractivity contribution in [2.24, 2.45) is 11.7 Å². The summed E-state index contributed by atoms with van der Waals surface area (Å²) in [6.45, 7) is 6.05. The third kappa shape index (κ3) is 3.27. The maximum Gasteiger partial charge on any atom is 0.258 e. The van der Waals surface area contributed by atoms with Gasteiger partial charge in [0, 0.05) is 18.2 Å². The van der Waals surface area contributed by atoms with Crippen molar-refractivity contribution in [3.8, 4) is 0 Å². The van der Waals surface area contributed by atoms with E-state index in [1.54, 1.807) is 0 Å². The molecule has 0 radical (unpaired) electrons. The molecule has 0 amide bonds. The molecule has 0 aliphatic rings. The van der Waals surface area contributed by atoms with Gasteiger partial charge in [0.15, 0.2) is 5.03 Å². The van der Waals surface area contributed by atoms with Crippen LogP contribution in [-0.2, 0) is 16.6 Å².